The van der Waals surface area contributed by atoms with E-state index in [1.807, 2.05) is 18.2 Å². The number of hydrogen-bond donors (Lipinski definition) is 1. The molecule has 0 atom stereocenters. The number of likely N-dealkylation sites (N-methyl/N-ethyl adjacent to an activating group) is 1. The zero-order valence-electron chi connectivity index (χ0n) is 10.9. The third kappa shape index (κ3) is 2.68. The smallest absolute Gasteiger partial charge is 0.255 e. The Hall–Kier alpha value is -1.30. The summed E-state index contributed by atoms with van der Waals surface area (Å²) in [5, 5.41) is 1.80. The van der Waals surface area contributed by atoms with Crippen molar-refractivity contribution in [1.29, 1.82) is 0 Å². The molecule has 3 rings (SSSR count). The van der Waals surface area contributed by atoms with Crippen LogP contribution < -0.4 is 5.56 Å². The van der Waals surface area contributed by atoms with Gasteiger partial charge in [0.05, 0.1) is 0 Å². The number of benzene rings is 1. The number of hydrogen-bond acceptors (Lipinski definition) is 4. The quantitative estimate of drug-likeness (QED) is 0.848. The third-order valence-corrected chi connectivity index (χ3v) is 4.64. The SMILES string of the molecule is CN1CCN(Sc2cccc3c(=O)[nH]ccc23)CC1. The van der Waals surface area contributed by atoms with E-state index in [0.29, 0.717) is 0 Å². The first-order chi connectivity index (χ1) is 9.24. The Morgan fingerprint density at radius 3 is 2.68 bits per heavy atom. The molecule has 1 aliphatic rings. The Balaban J connectivity index is 1.89. The van der Waals surface area contributed by atoms with E-state index < -0.39 is 0 Å². The molecule has 1 fully saturated rings. The number of piperazine rings is 1. The number of rotatable bonds is 2. The lowest BCUT2D eigenvalue weighted by molar-refractivity contribution is 0.233. The fourth-order valence-corrected chi connectivity index (χ4v) is 3.33. The van der Waals surface area contributed by atoms with Crippen LogP contribution in [0.25, 0.3) is 10.8 Å². The van der Waals surface area contributed by atoms with E-state index in [1.54, 1.807) is 18.1 Å². The van der Waals surface area contributed by atoms with Crippen LogP contribution >= 0.6 is 11.9 Å². The van der Waals surface area contributed by atoms with Crippen LogP contribution in [0, 0.1) is 0 Å². The van der Waals surface area contributed by atoms with Gasteiger partial charge < -0.3 is 9.88 Å². The molecule has 0 bridgehead atoms. The van der Waals surface area contributed by atoms with Crippen molar-refractivity contribution in [3.8, 4) is 0 Å². The number of aromatic amines is 1. The predicted molar refractivity (Wildman–Crippen MR) is 79.5 cm³/mol. The molecule has 1 aliphatic heterocycles. The van der Waals surface area contributed by atoms with Crippen LogP contribution in [0.1, 0.15) is 0 Å². The van der Waals surface area contributed by atoms with E-state index in [1.165, 1.54) is 0 Å². The van der Waals surface area contributed by atoms with Crippen molar-refractivity contribution in [3.05, 3.63) is 40.8 Å². The predicted octanol–water partition coefficient (Wildman–Crippen LogP) is 1.78. The van der Waals surface area contributed by atoms with Gasteiger partial charge in [-0.15, -0.1) is 0 Å². The van der Waals surface area contributed by atoms with Gasteiger partial charge in [0.2, 0.25) is 0 Å². The van der Waals surface area contributed by atoms with Gasteiger partial charge in [0.15, 0.2) is 0 Å². The first-order valence-corrected chi connectivity index (χ1v) is 7.23. The van der Waals surface area contributed by atoms with Crippen LogP contribution in [0.3, 0.4) is 0 Å². The molecule has 100 valence electrons. The molecule has 0 unspecified atom stereocenters. The van der Waals surface area contributed by atoms with E-state index in [4.69, 9.17) is 0 Å². The van der Waals surface area contributed by atoms with Crippen LogP contribution in [0.5, 0.6) is 0 Å². The molecule has 2 aromatic rings. The number of nitrogens with zero attached hydrogens (tertiary/aromatic N) is 2. The second kappa shape index (κ2) is 5.36. The number of fused-ring (bicyclic) bond motifs is 1. The van der Waals surface area contributed by atoms with Gasteiger partial charge >= 0.3 is 0 Å². The molecule has 1 aromatic heterocycles. The first-order valence-electron chi connectivity index (χ1n) is 6.46. The minimum Gasteiger partial charge on any atom is -0.329 e. The van der Waals surface area contributed by atoms with E-state index in [2.05, 4.69) is 27.3 Å². The maximum Gasteiger partial charge on any atom is 0.255 e. The van der Waals surface area contributed by atoms with Gasteiger partial charge in [0.25, 0.3) is 5.56 Å². The summed E-state index contributed by atoms with van der Waals surface area (Å²) in [5.41, 5.74) is -0.0154. The van der Waals surface area contributed by atoms with E-state index in [-0.39, 0.29) is 5.56 Å². The molecule has 19 heavy (non-hydrogen) atoms. The highest BCUT2D eigenvalue weighted by Gasteiger charge is 2.16. The number of pyridine rings is 1. The average Bonchev–Trinajstić information content (AvgIpc) is 2.43. The molecule has 4 nitrogen and oxygen atoms in total. The summed E-state index contributed by atoms with van der Waals surface area (Å²) in [6, 6.07) is 7.90. The highest BCUT2D eigenvalue weighted by Crippen LogP contribution is 2.29. The van der Waals surface area contributed by atoms with Crippen molar-refractivity contribution in [2.45, 2.75) is 4.90 Å². The lowest BCUT2D eigenvalue weighted by Crippen LogP contribution is -2.40. The zero-order valence-corrected chi connectivity index (χ0v) is 11.7. The molecule has 1 N–H and O–H groups in total. The normalized spacial score (nSPS) is 17.9. The Kier molecular flexibility index (Phi) is 3.59. The van der Waals surface area contributed by atoms with Crippen molar-refractivity contribution in [3.63, 3.8) is 0 Å². The van der Waals surface area contributed by atoms with Gasteiger partial charge in [0.1, 0.15) is 0 Å². The summed E-state index contributed by atoms with van der Waals surface area (Å²) in [4.78, 5) is 18.0. The summed E-state index contributed by atoms with van der Waals surface area (Å²) >= 11 is 1.76. The van der Waals surface area contributed by atoms with Crippen LogP contribution in [0.4, 0.5) is 0 Å². The molecule has 0 aliphatic carbocycles. The van der Waals surface area contributed by atoms with Crippen LogP contribution in [0.15, 0.2) is 40.2 Å². The molecule has 1 aromatic carbocycles. The van der Waals surface area contributed by atoms with Crippen molar-refractivity contribution in [2.24, 2.45) is 0 Å². The third-order valence-electron chi connectivity index (χ3n) is 3.46. The summed E-state index contributed by atoms with van der Waals surface area (Å²) in [7, 11) is 2.15. The minimum atomic E-state index is -0.0154. The Labute approximate surface area is 116 Å². The maximum absolute atomic E-state index is 11.8. The lowest BCUT2D eigenvalue weighted by atomic mass is 10.2. The van der Waals surface area contributed by atoms with Crippen molar-refractivity contribution >= 4 is 22.7 Å². The topological polar surface area (TPSA) is 39.3 Å². The van der Waals surface area contributed by atoms with Crippen molar-refractivity contribution in [2.75, 3.05) is 33.2 Å². The largest absolute Gasteiger partial charge is 0.329 e. The molecular weight excluding hydrogens is 258 g/mol. The molecule has 2 heterocycles. The highest BCUT2D eigenvalue weighted by molar-refractivity contribution is 7.97. The fraction of sp³-hybridized carbons (Fsp3) is 0.357. The first kappa shape index (κ1) is 12.7. The molecule has 1 saturated heterocycles. The minimum absolute atomic E-state index is 0.0154. The molecule has 0 radical (unpaired) electrons. The number of nitrogens with one attached hydrogen (secondary N) is 1. The Morgan fingerprint density at radius 1 is 1.11 bits per heavy atom. The summed E-state index contributed by atoms with van der Waals surface area (Å²) in [6.07, 6.45) is 1.72. The average molecular weight is 275 g/mol. The highest BCUT2D eigenvalue weighted by atomic mass is 32.2. The number of H-pyrrole nitrogens is 1. The standard InChI is InChI=1S/C14H17N3OS/c1-16-7-9-17(10-8-16)19-13-4-2-3-12-11(13)5-6-15-14(12)18/h2-6H,7-10H2,1H3,(H,15,18). The zero-order chi connectivity index (χ0) is 13.2. The monoisotopic (exact) mass is 275 g/mol. The van der Waals surface area contributed by atoms with Crippen LogP contribution in [-0.2, 0) is 0 Å². The molecule has 5 heteroatoms. The van der Waals surface area contributed by atoms with Gasteiger partial charge in [-0.25, -0.2) is 4.31 Å². The number of aromatic nitrogens is 1. The van der Waals surface area contributed by atoms with Crippen molar-refractivity contribution < 1.29 is 0 Å². The Morgan fingerprint density at radius 2 is 1.89 bits per heavy atom. The molecule has 0 saturated carbocycles. The van der Waals surface area contributed by atoms with Gasteiger partial charge in [0, 0.05) is 48.0 Å². The molecular formula is C14H17N3OS. The molecule has 0 amide bonds. The van der Waals surface area contributed by atoms with E-state index in [0.717, 1.165) is 41.8 Å². The second-order valence-electron chi connectivity index (χ2n) is 4.85. The maximum atomic E-state index is 11.8. The van der Waals surface area contributed by atoms with Crippen molar-refractivity contribution in [1.82, 2.24) is 14.2 Å². The summed E-state index contributed by atoms with van der Waals surface area (Å²) in [5.74, 6) is 0. The summed E-state index contributed by atoms with van der Waals surface area (Å²) < 4.78 is 2.37. The van der Waals surface area contributed by atoms with Gasteiger partial charge in [-0.1, -0.05) is 6.07 Å². The second-order valence-corrected chi connectivity index (χ2v) is 5.99. The van der Waals surface area contributed by atoms with Gasteiger partial charge in [-0.3, -0.25) is 4.79 Å². The fourth-order valence-electron chi connectivity index (χ4n) is 2.29. The molecule has 0 spiro atoms. The van der Waals surface area contributed by atoms with E-state index >= 15 is 0 Å². The Bertz CT molecular complexity index is 632. The van der Waals surface area contributed by atoms with E-state index in [9.17, 15) is 4.79 Å². The van der Waals surface area contributed by atoms with Gasteiger partial charge in [-0.05, 0) is 37.2 Å². The van der Waals surface area contributed by atoms with Gasteiger partial charge in [-0.2, -0.15) is 0 Å². The lowest BCUT2D eigenvalue weighted by Gasteiger charge is -2.31. The summed E-state index contributed by atoms with van der Waals surface area (Å²) in [6.45, 7) is 4.30. The van der Waals surface area contributed by atoms with Crippen LogP contribution in [0.2, 0.25) is 0 Å². The van der Waals surface area contributed by atoms with Crippen LogP contribution in [-0.4, -0.2) is 47.4 Å².